The van der Waals surface area contributed by atoms with Gasteiger partial charge in [-0.3, -0.25) is 15.1 Å². The molecule has 0 spiro atoms. The first-order valence-corrected chi connectivity index (χ1v) is 11.5. The van der Waals surface area contributed by atoms with E-state index in [1.54, 1.807) is 7.05 Å². The maximum Gasteiger partial charge on any atom is 0.255 e. The van der Waals surface area contributed by atoms with Crippen LogP contribution in [-0.2, 0) is 11.2 Å². The number of hydrogen-bond donors (Lipinski definition) is 2. The summed E-state index contributed by atoms with van der Waals surface area (Å²) >= 11 is 3.76. The van der Waals surface area contributed by atoms with E-state index in [1.165, 1.54) is 23.3 Å². The Morgan fingerprint density at radius 2 is 2.20 bits per heavy atom. The van der Waals surface area contributed by atoms with E-state index in [9.17, 15) is 9.18 Å². The number of aryl methyl sites for hydroxylation is 1. The molecule has 1 amide bonds. The van der Waals surface area contributed by atoms with Gasteiger partial charge in [-0.2, -0.15) is 9.37 Å². The molecule has 3 rings (SSSR count). The number of halogens is 2. The zero-order valence-corrected chi connectivity index (χ0v) is 20.0. The lowest BCUT2D eigenvalue weighted by molar-refractivity contribution is -0.127. The van der Waals surface area contributed by atoms with Gasteiger partial charge >= 0.3 is 0 Å². The predicted octanol–water partition coefficient (Wildman–Crippen LogP) is 2.83. The summed E-state index contributed by atoms with van der Waals surface area (Å²) < 4.78 is 20.8. The number of guanidine groups is 1. The van der Waals surface area contributed by atoms with Crippen LogP contribution in [0.3, 0.4) is 0 Å². The number of likely N-dealkylation sites (N-methyl/N-ethyl adjacent to an activating group) is 1. The Hall–Kier alpha value is -2.02. The molecule has 8 nitrogen and oxygen atoms in total. The van der Waals surface area contributed by atoms with Crippen LogP contribution in [0.5, 0.6) is 5.88 Å². The van der Waals surface area contributed by atoms with Crippen molar-refractivity contribution in [1.29, 1.82) is 5.41 Å². The third kappa shape index (κ3) is 4.82. The normalized spacial score (nSPS) is 18.0. The first kappa shape index (κ1) is 22.7. The van der Waals surface area contributed by atoms with E-state index < -0.39 is 11.7 Å². The molecule has 30 heavy (non-hydrogen) atoms. The molecule has 3 heterocycles. The van der Waals surface area contributed by atoms with Crippen molar-refractivity contribution < 1.29 is 13.9 Å². The maximum atomic E-state index is 14.6. The molecule has 11 heteroatoms. The topological polar surface area (TPSA) is 94.4 Å². The lowest BCUT2D eigenvalue weighted by atomic mass is 10.1. The van der Waals surface area contributed by atoms with Gasteiger partial charge in [0.05, 0.1) is 21.6 Å². The highest BCUT2D eigenvalue weighted by Gasteiger charge is 2.32. The Balaban J connectivity index is 2.04. The van der Waals surface area contributed by atoms with Crippen LogP contribution < -0.4 is 15.0 Å². The number of rotatable bonds is 5. The van der Waals surface area contributed by atoms with Crippen LogP contribution in [0.4, 0.5) is 10.3 Å². The summed E-state index contributed by atoms with van der Waals surface area (Å²) in [5.41, 5.74) is 0.297. The van der Waals surface area contributed by atoms with E-state index in [4.69, 9.17) is 10.1 Å². The van der Waals surface area contributed by atoms with E-state index in [0.29, 0.717) is 37.7 Å². The summed E-state index contributed by atoms with van der Waals surface area (Å²) in [7, 11) is 2.97. The van der Waals surface area contributed by atoms with Gasteiger partial charge in [-0.1, -0.05) is 13.3 Å². The molecule has 0 unspecified atom stereocenters. The molecular formula is C19H24FIN6O2S. The zero-order chi connectivity index (χ0) is 21.8. The number of carbonyl (C=O) groups excluding carboxylic acids is 1. The summed E-state index contributed by atoms with van der Waals surface area (Å²) in [5.74, 6) is -0.985. The number of aromatic nitrogens is 2. The minimum Gasteiger partial charge on any atom is -0.479 e. The largest absolute Gasteiger partial charge is 0.479 e. The molecule has 2 N–H and O–H groups in total. The third-order valence-corrected chi connectivity index (χ3v) is 6.83. The predicted molar refractivity (Wildman–Crippen MR) is 123 cm³/mol. The van der Waals surface area contributed by atoms with Crippen LogP contribution in [0.25, 0.3) is 0 Å². The van der Waals surface area contributed by atoms with Crippen LogP contribution in [0.15, 0.2) is 12.1 Å². The number of methoxy groups -OCH3 is 1. The smallest absolute Gasteiger partial charge is 0.255 e. The molecule has 1 aliphatic heterocycles. The van der Waals surface area contributed by atoms with Crippen molar-refractivity contribution in [3.05, 3.63) is 31.4 Å². The van der Waals surface area contributed by atoms with Crippen molar-refractivity contribution >= 4 is 51.7 Å². The number of carbonyl (C=O) groups is 1. The molecule has 162 valence electrons. The molecule has 0 radical (unpaired) electrons. The average molecular weight is 546 g/mol. The number of amides is 1. The lowest BCUT2D eigenvalue weighted by Gasteiger charge is -2.27. The van der Waals surface area contributed by atoms with Gasteiger partial charge in [-0.25, -0.2) is 4.98 Å². The number of anilines is 1. The Bertz CT molecular complexity index is 940. The molecule has 0 saturated carbocycles. The molecule has 1 aliphatic rings. The summed E-state index contributed by atoms with van der Waals surface area (Å²) in [6.45, 7) is 3.13. The number of nitrogens with zero attached hydrogens (tertiary/aromatic N) is 4. The second-order valence-corrected chi connectivity index (χ2v) is 9.87. The number of nitrogens with one attached hydrogen (secondary N) is 2. The summed E-state index contributed by atoms with van der Waals surface area (Å²) in [6.07, 6.45) is 1.19. The first-order chi connectivity index (χ1) is 14.3. The van der Waals surface area contributed by atoms with Crippen molar-refractivity contribution in [3.8, 4) is 5.88 Å². The van der Waals surface area contributed by atoms with Gasteiger partial charge in [0.15, 0.2) is 5.96 Å². The van der Waals surface area contributed by atoms with E-state index in [-0.39, 0.29) is 17.7 Å². The Morgan fingerprint density at radius 1 is 1.43 bits per heavy atom. The highest BCUT2D eigenvalue weighted by atomic mass is 127. The highest BCUT2D eigenvalue weighted by Crippen LogP contribution is 2.30. The van der Waals surface area contributed by atoms with Crippen molar-refractivity contribution in [2.75, 3.05) is 38.7 Å². The second kappa shape index (κ2) is 9.86. The third-order valence-electron chi connectivity index (χ3n) is 4.82. The molecule has 2 aromatic rings. The number of hydrogen-bond acceptors (Lipinski definition) is 7. The van der Waals surface area contributed by atoms with Gasteiger partial charge in [0, 0.05) is 31.6 Å². The quantitative estimate of drug-likeness (QED) is 0.561. The number of thiophene rings is 1. The highest BCUT2D eigenvalue weighted by molar-refractivity contribution is 14.1. The van der Waals surface area contributed by atoms with Crippen molar-refractivity contribution in [2.24, 2.45) is 0 Å². The summed E-state index contributed by atoms with van der Waals surface area (Å²) in [6, 6.07) is 3.90. The van der Waals surface area contributed by atoms with Crippen molar-refractivity contribution in [2.45, 2.75) is 25.7 Å². The van der Waals surface area contributed by atoms with Gasteiger partial charge in [-0.15, -0.1) is 11.3 Å². The SMILES string of the molecule is CCCc1nc(N2CCNC(=N)N(C)C(=O)[C@@H](c3ccc(I)s3)C2)nc(OC)c1F. The maximum absolute atomic E-state index is 14.6. The second-order valence-electron chi connectivity index (χ2n) is 6.86. The molecule has 1 saturated heterocycles. The monoisotopic (exact) mass is 546 g/mol. The van der Waals surface area contributed by atoms with Crippen LogP contribution in [0.1, 0.15) is 29.8 Å². The van der Waals surface area contributed by atoms with E-state index in [1.807, 2.05) is 24.0 Å². The number of ether oxygens (including phenoxy) is 1. The van der Waals surface area contributed by atoms with Gasteiger partial charge < -0.3 is 15.0 Å². The average Bonchev–Trinajstić information content (AvgIpc) is 3.17. The lowest BCUT2D eigenvalue weighted by Crippen LogP contribution is -2.43. The van der Waals surface area contributed by atoms with E-state index in [2.05, 4.69) is 37.9 Å². The van der Waals surface area contributed by atoms with E-state index in [0.717, 1.165) is 14.2 Å². The van der Waals surface area contributed by atoms with Crippen LogP contribution >= 0.6 is 33.9 Å². The fourth-order valence-corrected chi connectivity index (χ4v) is 4.97. The van der Waals surface area contributed by atoms with Crippen LogP contribution in [0, 0.1) is 14.1 Å². The molecule has 1 fully saturated rings. The van der Waals surface area contributed by atoms with Gasteiger partial charge in [0.25, 0.3) is 5.88 Å². The summed E-state index contributed by atoms with van der Waals surface area (Å²) in [5, 5.41) is 11.1. The van der Waals surface area contributed by atoms with Gasteiger partial charge in [0.1, 0.15) is 0 Å². The van der Waals surface area contributed by atoms with Gasteiger partial charge in [0.2, 0.25) is 17.7 Å². The fraction of sp³-hybridized carbons (Fsp3) is 0.474. The Kier molecular flexibility index (Phi) is 7.45. The van der Waals surface area contributed by atoms with Crippen molar-refractivity contribution in [1.82, 2.24) is 20.2 Å². The molecule has 1 atom stereocenters. The Labute approximate surface area is 192 Å². The first-order valence-electron chi connectivity index (χ1n) is 9.56. The summed E-state index contributed by atoms with van der Waals surface area (Å²) in [4.78, 5) is 26.0. The minimum atomic E-state index is -0.549. The zero-order valence-electron chi connectivity index (χ0n) is 17.0. The van der Waals surface area contributed by atoms with Gasteiger partial charge in [-0.05, 0) is 41.1 Å². The van der Waals surface area contributed by atoms with Crippen molar-refractivity contribution in [3.63, 3.8) is 0 Å². The molecule has 0 aliphatic carbocycles. The van der Waals surface area contributed by atoms with Crippen LogP contribution in [-0.4, -0.2) is 60.5 Å². The molecular weight excluding hydrogens is 522 g/mol. The van der Waals surface area contributed by atoms with Crippen LogP contribution in [0.2, 0.25) is 0 Å². The van der Waals surface area contributed by atoms with E-state index >= 15 is 0 Å². The Morgan fingerprint density at radius 3 is 2.83 bits per heavy atom. The minimum absolute atomic E-state index is 0.0439. The standard InChI is InChI=1S/C19H24FIN6O2S/c1-4-5-12-15(20)16(29-3)25-19(24-12)27-9-8-23-18(22)26(2)17(28)11(10-27)13-6-7-14(21)30-13/h6-7,11H,4-5,8-10H2,1-3H3,(H2,22,23)/t11-/m1/s1. The molecule has 2 aromatic heterocycles. The fourth-order valence-electron chi connectivity index (χ4n) is 3.21. The molecule has 0 bridgehead atoms. The molecule has 0 aromatic carbocycles.